The maximum atomic E-state index is 12.3. The second kappa shape index (κ2) is 7.20. The number of piperazine rings is 1. The molecule has 2 rings (SSSR count). The topological polar surface area (TPSA) is 49.9 Å². The summed E-state index contributed by atoms with van der Waals surface area (Å²) in [5, 5.41) is 0. The SMILES string of the molecule is CC[C@@H](C)CS(=O)(=O)N1CCN(C[C@H]2CCOC2)CC1. The molecular weight excluding hydrogens is 276 g/mol. The third kappa shape index (κ3) is 4.41. The molecule has 118 valence electrons. The van der Waals surface area contributed by atoms with Crippen molar-refractivity contribution >= 4 is 10.0 Å². The van der Waals surface area contributed by atoms with Crippen LogP contribution in [0.2, 0.25) is 0 Å². The molecule has 2 fully saturated rings. The van der Waals surface area contributed by atoms with Gasteiger partial charge in [0.2, 0.25) is 10.0 Å². The third-order valence-corrected chi connectivity index (χ3v) is 6.60. The third-order valence-electron chi connectivity index (χ3n) is 4.46. The lowest BCUT2D eigenvalue weighted by molar-refractivity contribution is 0.143. The van der Waals surface area contributed by atoms with E-state index in [9.17, 15) is 8.42 Å². The Balaban J connectivity index is 1.78. The molecule has 0 N–H and O–H groups in total. The largest absolute Gasteiger partial charge is 0.381 e. The summed E-state index contributed by atoms with van der Waals surface area (Å²) >= 11 is 0. The van der Waals surface area contributed by atoms with Crippen molar-refractivity contribution < 1.29 is 13.2 Å². The lowest BCUT2D eigenvalue weighted by atomic mass is 10.1. The lowest BCUT2D eigenvalue weighted by Gasteiger charge is -2.35. The summed E-state index contributed by atoms with van der Waals surface area (Å²) in [4.78, 5) is 2.38. The minimum Gasteiger partial charge on any atom is -0.381 e. The van der Waals surface area contributed by atoms with Crippen LogP contribution in [-0.4, -0.2) is 69.3 Å². The first-order valence-corrected chi connectivity index (χ1v) is 9.40. The monoisotopic (exact) mass is 304 g/mol. The lowest BCUT2D eigenvalue weighted by Crippen LogP contribution is -2.50. The van der Waals surface area contributed by atoms with Gasteiger partial charge in [-0.15, -0.1) is 0 Å². The first-order valence-electron chi connectivity index (χ1n) is 7.79. The highest BCUT2D eigenvalue weighted by molar-refractivity contribution is 7.89. The molecule has 0 aromatic carbocycles. The van der Waals surface area contributed by atoms with E-state index in [0.717, 1.165) is 45.7 Å². The van der Waals surface area contributed by atoms with Crippen molar-refractivity contribution in [2.24, 2.45) is 11.8 Å². The fraction of sp³-hybridized carbons (Fsp3) is 1.00. The number of hydrogen-bond acceptors (Lipinski definition) is 4. The maximum absolute atomic E-state index is 12.3. The van der Waals surface area contributed by atoms with Gasteiger partial charge in [0.25, 0.3) is 0 Å². The maximum Gasteiger partial charge on any atom is 0.214 e. The van der Waals surface area contributed by atoms with Gasteiger partial charge in [0.05, 0.1) is 12.4 Å². The molecule has 0 aromatic heterocycles. The molecule has 20 heavy (non-hydrogen) atoms. The zero-order chi connectivity index (χ0) is 14.6. The van der Waals surface area contributed by atoms with E-state index in [0.29, 0.717) is 24.8 Å². The second-order valence-corrected chi connectivity index (χ2v) is 8.23. The van der Waals surface area contributed by atoms with E-state index in [-0.39, 0.29) is 5.92 Å². The Morgan fingerprint density at radius 2 is 1.95 bits per heavy atom. The molecule has 0 amide bonds. The number of nitrogens with zero attached hydrogens (tertiary/aromatic N) is 2. The summed E-state index contributed by atoms with van der Waals surface area (Å²) in [5.74, 6) is 1.17. The van der Waals surface area contributed by atoms with Gasteiger partial charge in [-0.3, -0.25) is 0 Å². The summed E-state index contributed by atoms with van der Waals surface area (Å²) in [6.45, 7) is 9.86. The molecule has 2 atom stereocenters. The molecule has 0 aliphatic carbocycles. The fourth-order valence-corrected chi connectivity index (χ4v) is 4.75. The summed E-state index contributed by atoms with van der Waals surface area (Å²) in [6.07, 6.45) is 2.06. The van der Waals surface area contributed by atoms with Crippen molar-refractivity contribution in [3.05, 3.63) is 0 Å². The van der Waals surface area contributed by atoms with Crippen LogP contribution in [0, 0.1) is 11.8 Å². The zero-order valence-corrected chi connectivity index (χ0v) is 13.6. The van der Waals surface area contributed by atoms with Gasteiger partial charge in [-0.05, 0) is 18.3 Å². The molecule has 0 aromatic rings. The van der Waals surface area contributed by atoms with Gasteiger partial charge >= 0.3 is 0 Å². The van der Waals surface area contributed by atoms with Gasteiger partial charge in [-0.25, -0.2) is 8.42 Å². The van der Waals surface area contributed by atoms with Crippen LogP contribution in [-0.2, 0) is 14.8 Å². The van der Waals surface area contributed by atoms with E-state index in [1.54, 1.807) is 4.31 Å². The van der Waals surface area contributed by atoms with E-state index in [4.69, 9.17) is 4.74 Å². The van der Waals surface area contributed by atoms with Crippen LogP contribution < -0.4 is 0 Å². The summed E-state index contributed by atoms with van der Waals surface area (Å²) in [7, 11) is -3.06. The van der Waals surface area contributed by atoms with Crippen molar-refractivity contribution in [1.29, 1.82) is 0 Å². The Morgan fingerprint density at radius 1 is 1.25 bits per heavy atom. The van der Waals surface area contributed by atoms with E-state index in [1.165, 1.54) is 0 Å². The molecule has 0 spiro atoms. The average molecular weight is 304 g/mol. The van der Waals surface area contributed by atoms with Crippen molar-refractivity contribution in [2.45, 2.75) is 26.7 Å². The van der Waals surface area contributed by atoms with E-state index >= 15 is 0 Å². The Kier molecular flexibility index (Phi) is 5.84. The van der Waals surface area contributed by atoms with Crippen LogP contribution in [0.3, 0.4) is 0 Å². The standard InChI is InChI=1S/C14H28N2O3S/c1-3-13(2)12-20(17,18)16-7-5-15(6-8-16)10-14-4-9-19-11-14/h13-14H,3-12H2,1-2H3/t13-,14-/m1/s1. The molecule has 5 nitrogen and oxygen atoms in total. The van der Waals surface area contributed by atoms with Crippen molar-refractivity contribution in [1.82, 2.24) is 9.21 Å². The fourth-order valence-electron chi connectivity index (χ4n) is 2.87. The molecular formula is C14H28N2O3S. The molecule has 0 saturated carbocycles. The minimum atomic E-state index is -3.06. The number of ether oxygens (including phenoxy) is 1. The Morgan fingerprint density at radius 3 is 2.50 bits per heavy atom. The Bertz CT molecular complexity index is 385. The van der Waals surface area contributed by atoms with Crippen LogP contribution in [0.1, 0.15) is 26.7 Å². The van der Waals surface area contributed by atoms with Crippen LogP contribution >= 0.6 is 0 Å². The van der Waals surface area contributed by atoms with Gasteiger partial charge in [-0.2, -0.15) is 4.31 Å². The number of hydrogen-bond donors (Lipinski definition) is 0. The van der Waals surface area contributed by atoms with Crippen LogP contribution in [0.4, 0.5) is 0 Å². The van der Waals surface area contributed by atoms with Crippen LogP contribution in [0.15, 0.2) is 0 Å². The van der Waals surface area contributed by atoms with Crippen LogP contribution in [0.5, 0.6) is 0 Å². The minimum absolute atomic E-state index is 0.244. The van der Waals surface area contributed by atoms with Crippen molar-refractivity contribution in [2.75, 3.05) is 51.7 Å². The van der Waals surface area contributed by atoms with E-state index in [2.05, 4.69) is 4.90 Å². The molecule has 0 bridgehead atoms. The van der Waals surface area contributed by atoms with Crippen molar-refractivity contribution in [3.8, 4) is 0 Å². The smallest absolute Gasteiger partial charge is 0.214 e. The number of rotatable bonds is 6. The highest BCUT2D eigenvalue weighted by atomic mass is 32.2. The van der Waals surface area contributed by atoms with Gasteiger partial charge in [-0.1, -0.05) is 20.3 Å². The van der Waals surface area contributed by atoms with E-state index < -0.39 is 10.0 Å². The summed E-state index contributed by atoms with van der Waals surface area (Å²) < 4.78 is 31.7. The Labute approximate surface area is 123 Å². The highest BCUT2D eigenvalue weighted by Crippen LogP contribution is 2.17. The van der Waals surface area contributed by atoms with Crippen molar-refractivity contribution in [3.63, 3.8) is 0 Å². The molecule has 6 heteroatoms. The second-order valence-electron chi connectivity index (χ2n) is 6.22. The van der Waals surface area contributed by atoms with Gasteiger partial charge in [0, 0.05) is 39.3 Å². The first-order chi connectivity index (χ1) is 9.51. The molecule has 0 unspecified atom stereocenters. The van der Waals surface area contributed by atoms with Crippen LogP contribution in [0.25, 0.3) is 0 Å². The molecule has 2 aliphatic heterocycles. The molecule has 2 aliphatic rings. The highest BCUT2D eigenvalue weighted by Gasteiger charge is 2.29. The van der Waals surface area contributed by atoms with E-state index in [1.807, 2.05) is 13.8 Å². The number of sulfonamides is 1. The normalized spacial score (nSPS) is 27.8. The van der Waals surface area contributed by atoms with Gasteiger partial charge < -0.3 is 9.64 Å². The quantitative estimate of drug-likeness (QED) is 0.735. The molecule has 2 saturated heterocycles. The summed E-state index contributed by atoms with van der Waals surface area (Å²) in [5.41, 5.74) is 0. The van der Waals surface area contributed by atoms with Gasteiger partial charge in [0.1, 0.15) is 0 Å². The van der Waals surface area contributed by atoms with Gasteiger partial charge in [0.15, 0.2) is 0 Å². The molecule has 0 radical (unpaired) electrons. The first kappa shape index (κ1) is 16.2. The molecule has 2 heterocycles. The zero-order valence-electron chi connectivity index (χ0n) is 12.8. The average Bonchev–Trinajstić information content (AvgIpc) is 2.91. The summed E-state index contributed by atoms with van der Waals surface area (Å²) in [6, 6.07) is 0. The predicted molar refractivity (Wildman–Crippen MR) is 80.2 cm³/mol. The predicted octanol–water partition coefficient (Wildman–Crippen LogP) is 1.02. The Hall–Kier alpha value is -0.170.